The summed E-state index contributed by atoms with van der Waals surface area (Å²) < 4.78 is 21.9. The molecule has 1 amide bonds. The number of likely N-dealkylation sites (tertiary alicyclic amines) is 1. The standard InChI is InChI=1S/C28H34N2O7/c1-5-37-21-8-7-20(16-18(21)2)26(31)24-25(19-6-9-22(34-3)23(17-19)35-4)30(28(33)27(24)32)11-10-29-12-14-36-15-13-29/h6-9,16-17,25,31H,5,10-15H2,1-4H3. The number of aryl methyl sites for hydroxylation is 1. The molecule has 2 heterocycles. The van der Waals surface area contributed by atoms with E-state index in [0.717, 1.165) is 18.7 Å². The molecule has 4 rings (SSSR count). The molecule has 0 aromatic heterocycles. The van der Waals surface area contributed by atoms with E-state index in [1.807, 2.05) is 13.8 Å². The molecule has 2 aromatic rings. The van der Waals surface area contributed by atoms with Crippen molar-refractivity contribution in [1.29, 1.82) is 0 Å². The van der Waals surface area contributed by atoms with Crippen molar-refractivity contribution in [3.8, 4) is 17.2 Å². The molecule has 1 atom stereocenters. The number of aliphatic hydroxyl groups is 1. The average molecular weight is 511 g/mol. The third-order valence-electron chi connectivity index (χ3n) is 6.77. The predicted octanol–water partition coefficient (Wildman–Crippen LogP) is 3.16. The van der Waals surface area contributed by atoms with E-state index in [9.17, 15) is 14.7 Å². The fraction of sp³-hybridized carbons (Fsp3) is 0.429. The van der Waals surface area contributed by atoms with Crippen molar-refractivity contribution >= 4 is 17.4 Å². The molecule has 1 N–H and O–H groups in total. The summed E-state index contributed by atoms with van der Waals surface area (Å²) in [5, 5.41) is 11.4. The molecule has 2 aromatic carbocycles. The van der Waals surface area contributed by atoms with Gasteiger partial charge in [-0.1, -0.05) is 6.07 Å². The molecule has 2 aliphatic rings. The van der Waals surface area contributed by atoms with Gasteiger partial charge in [0.05, 0.1) is 45.7 Å². The van der Waals surface area contributed by atoms with Gasteiger partial charge >= 0.3 is 0 Å². The molecule has 9 nitrogen and oxygen atoms in total. The second kappa shape index (κ2) is 11.7. The Bertz CT molecular complexity index is 1190. The number of amides is 1. The van der Waals surface area contributed by atoms with Gasteiger partial charge in [-0.15, -0.1) is 0 Å². The topological polar surface area (TPSA) is 97.8 Å². The van der Waals surface area contributed by atoms with Gasteiger partial charge < -0.3 is 29.0 Å². The first kappa shape index (κ1) is 26.5. The lowest BCUT2D eigenvalue weighted by molar-refractivity contribution is -0.140. The summed E-state index contributed by atoms with van der Waals surface area (Å²) in [7, 11) is 3.07. The number of morpholine rings is 1. The van der Waals surface area contributed by atoms with Crippen LogP contribution in [-0.4, -0.2) is 86.8 Å². The van der Waals surface area contributed by atoms with Gasteiger partial charge in [-0.25, -0.2) is 0 Å². The maximum atomic E-state index is 13.4. The molecule has 2 saturated heterocycles. The van der Waals surface area contributed by atoms with Crippen molar-refractivity contribution < 1.29 is 33.6 Å². The smallest absolute Gasteiger partial charge is 0.295 e. The monoisotopic (exact) mass is 510 g/mol. The van der Waals surface area contributed by atoms with E-state index in [-0.39, 0.29) is 11.3 Å². The van der Waals surface area contributed by atoms with Gasteiger partial charge in [0, 0.05) is 31.7 Å². The molecule has 198 valence electrons. The number of ketones is 1. The number of Topliss-reactive ketones (excluding diaryl/α,β-unsaturated/α-hetero) is 1. The predicted molar refractivity (Wildman–Crippen MR) is 138 cm³/mol. The number of nitrogens with zero attached hydrogens (tertiary/aromatic N) is 2. The number of rotatable bonds is 9. The van der Waals surface area contributed by atoms with Crippen molar-refractivity contribution in [3.63, 3.8) is 0 Å². The van der Waals surface area contributed by atoms with Crippen LogP contribution in [0.25, 0.3) is 5.76 Å². The summed E-state index contributed by atoms with van der Waals surface area (Å²) in [6.45, 7) is 7.98. The van der Waals surface area contributed by atoms with E-state index in [1.165, 1.54) is 12.0 Å². The summed E-state index contributed by atoms with van der Waals surface area (Å²) in [5.41, 5.74) is 1.94. The van der Waals surface area contributed by atoms with Crippen molar-refractivity contribution in [2.24, 2.45) is 0 Å². The lowest BCUT2D eigenvalue weighted by atomic mass is 9.94. The third-order valence-corrected chi connectivity index (χ3v) is 6.77. The van der Waals surface area contributed by atoms with Crippen LogP contribution in [0.1, 0.15) is 29.7 Å². The molecule has 0 bridgehead atoms. The Morgan fingerprint density at radius 3 is 2.35 bits per heavy atom. The quantitative estimate of drug-likeness (QED) is 0.312. The van der Waals surface area contributed by atoms with Gasteiger partial charge in [0.25, 0.3) is 11.7 Å². The Balaban J connectivity index is 1.78. The van der Waals surface area contributed by atoms with E-state index in [4.69, 9.17) is 18.9 Å². The summed E-state index contributed by atoms with van der Waals surface area (Å²) >= 11 is 0. The summed E-state index contributed by atoms with van der Waals surface area (Å²) in [6.07, 6.45) is 0. The zero-order valence-corrected chi connectivity index (χ0v) is 21.8. The van der Waals surface area contributed by atoms with Gasteiger partial charge in [-0.05, 0) is 55.3 Å². The van der Waals surface area contributed by atoms with Gasteiger partial charge in [0.1, 0.15) is 11.5 Å². The van der Waals surface area contributed by atoms with Crippen LogP contribution in [0.4, 0.5) is 0 Å². The SMILES string of the molecule is CCOc1ccc(C(O)=C2C(=O)C(=O)N(CCN3CCOCC3)C2c2ccc(OC)c(OC)c2)cc1C. The molecular weight excluding hydrogens is 476 g/mol. The van der Waals surface area contributed by atoms with Gasteiger partial charge in [0.15, 0.2) is 11.5 Å². The number of ether oxygens (including phenoxy) is 4. The van der Waals surface area contributed by atoms with Crippen molar-refractivity contribution in [3.05, 3.63) is 58.7 Å². The minimum atomic E-state index is -0.785. The largest absolute Gasteiger partial charge is 0.507 e. The highest BCUT2D eigenvalue weighted by molar-refractivity contribution is 6.46. The minimum absolute atomic E-state index is 0.0442. The van der Waals surface area contributed by atoms with Crippen LogP contribution in [-0.2, 0) is 14.3 Å². The average Bonchev–Trinajstić information content (AvgIpc) is 3.17. The van der Waals surface area contributed by atoms with E-state index >= 15 is 0 Å². The van der Waals surface area contributed by atoms with E-state index < -0.39 is 17.7 Å². The summed E-state index contributed by atoms with van der Waals surface area (Å²) in [4.78, 5) is 30.4. The molecular formula is C28H34N2O7. The molecule has 0 aliphatic carbocycles. The molecule has 0 spiro atoms. The number of hydrogen-bond acceptors (Lipinski definition) is 8. The molecule has 2 fully saturated rings. The Kier molecular flexibility index (Phi) is 8.35. The van der Waals surface area contributed by atoms with Gasteiger partial charge in [0.2, 0.25) is 0 Å². The molecule has 2 aliphatic heterocycles. The van der Waals surface area contributed by atoms with Crippen molar-refractivity contribution in [2.45, 2.75) is 19.9 Å². The molecule has 37 heavy (non-hydrogen) atoms. The van der Waals surface area contributed by atoms with Crippen molar-refractivity contribution in [2.75, 3.05) is 60.2 Å². The number of hydrogen-bond donors (Lipinski definition) is 1. The Morgan fingerprint density at radius 2 is 1.70 bits per heavy atom. The van der Waals surface area contributed by atoms with Crippen LogP contribution in [0.3, 0.4) is 0 Å². The minimum Gasteiger partial charge on any atom is -0.507 e. The zero-order valence-electron chi connectivity index (χ0n) is 21.8. The van der Waals surface area contributed by atoms with E-state index in [1.54, 1.807) is 43.5 Å². The third kappa shape index (κ3) is 5.42. The maximum Gasteiger partial charge on any atom is 0.295 e. The maximum absolute atomic E-state index is 13.4. The second-order valence-electron chi connectivity index (χ2n) is 8.97. The zero-order chi connectivity index (χ0) is 26.5. The van der Waals surface area contributed by atoms with Crippen LogP contribution < -0.4 is 14.2 Å². The fourth-order valence-corrected chi connectivity index (χ4v) is 4.82. The van der Waals surface area contributed by atoms with Crippen molar-refractivity contribution in [1.82, 2.24) is 9.80 Å². The van der Waals surface area contributed by atoms with Crippen LogP contribution in [0, 0.1) is 6.92 Å². The number of carbonyl (C=O) groups excluding carboxylic acids is 2. The van der Waals surface area contributed by atoms with Crippen LogP contribution in [0.2, 0.25) is 0 Å². The number of methoxy groups -OCH3 is 2. The van der Waals surface area contributed by atoms with Crippen LogP contribution >= 0.6 is 0 Å². The fourth-order valence-electron chi connectivity index (χ4n) is 4.82. The van der Waals surface area contributed by atoms with Crippen LogP contribution in [0.5, 0.6) is 17.2 Å². The summed E-state index contributed by atoms with van der Waals surface area (Å²) in [6, 6.07) is 9.69. The molecule has 0 radical (unpaired) electrons. The number of aliphatic hydroxyl groups excluding tert-OH is 1. The second-order valence-corrected chi connectivity index (χ2v) is 8.97. The number of carbonyl (C=O) groups is 2. The normalized spacial score (nSPS) is 19.8. The van der Waals surface area contributed by atoms with E-state index in [0.29, 0.717) is 61.3 Å². The van der Waals surface area contributed by atoms with E-state index in [2.05, 4.69) is 4.90 Å². The first-order chi connectivity index (χ1) is 17.9. The Hall–Kier alpha value is -3.56. The Morgan fingerprint density at radius 1 is 1.00 bits per heavy atom. The molecule has 0 saturated carbocycles. The highest BCUT2D eigenvalue weighted by Crippen LogP contribution is 2.42. The lowest BCUT2D eigenvalue weighted by Gasteiger charge is -2.31. The lowest BCUT2D eigenvalue weighted by Crippen LogP contribution is -2.42. The number of benzene rings is 2. The first-order valence-electron chi connectivity index (χ1n) is 12.4. The highest BCUT2D eigenvalue weighted by Gasteiger charge is 2.46. The molecule has 1 unspecified atom stereocenters. The highest BCUT2D eigenvalue weighted by atomic mass is 16.5. The van der Waals surface area contributed by atoms with Gasteiger partial charge in [-0.3, -0.25) is 14.5 Å². The Labute approximate surface area is 217 Å². The summed E-state index contributed by atoms with van der Waals surface area (Å²) in [5.74, 6) is 0.108. The van der Waals surface area contributed by atoms with Gasteiger partial charge in [-0.2, -0.15) is 0 Å². The first-order valence-corrected chi connectivity index (χ1v) is 12.4. The molecule has 9 heteroatoms. The van der Waals surface area contributed by atoms with Crippen LogP contribution in [0.15, 0.2) is 42.0 Å².